The lowest BCUT2D eigenvalue weighted by Crippen LogP contribution is -2.30. The average Bonchev–Trinajstić information content (AvgIpc) is 2.92. The van der Waals surface area contributed by atoms with Gasteiger partial charge in [0.25, 0.3) is 5.91 Å². The number of fused-ring (bicyclic) bond motifs is 1. The van der Waals surface area contributed by atoms with Crippen LogP contribution >= 0.6 is 43.2 Å². The summed E-state index contributed by atoms with van der Waals surface area (Å²) in [6, 6.07) is 13.3. The van der Waals surface area contributed by atoms with Crippen LogP contribution in [-0.4, -0.2) is 17.0 Å². The Morgan fingerprint density at radius 1 is 1.26 bits per heavy atom. The first-order valence-electron chi connectivity index (χ1n) is 6.81. The summed E-state index contributed by atoms with van der Waals surface area (Å²) >= 11 is 8.24. The van der Waals surface area contributed by atoms with Crippen molar-refractivity contribution in [3.63, 3.8) is 0 Å². The van der Waals surface area contributed by atoms with Crippen molar-refractivity contribution in [3.8, 4) is 5.75 Å². The second-order valence-corrected chi connectivity index (χ2v) is 7.61. The highest BCUT2D eigenvalue weighted by Crippen LogP contribution is 2.29. The summed E-state index contributed by atoms with van der Waals surface area (Å²) in [5.74, 6) is 0.374. The Balaban J connectivity index is 1.69. The van der Waals surface area contributed by atoms with Gasteiger partial charge in [0, 0.05) is 4.47 Å². The molecule has 1 aromatic heterocycles. The van der Waals surface area contributed by atoms with Gasteiger partial charge in [-0.25, -0.2) is 4.98 Å². The molecule has 2 aromatic carbocycles. The average molecular weight is 456 g/mol. The van der Waals surface area contributed by atoms with Crippen LogP contribution in [0.15, 0.2) is 51.4 Å². The van der Waals surface area contributed by atoms with Crippen LogP contribution in [0.5, 0.6) is 5.75 Å². The highest BCUT2D eigenvalue weighted by atomic mass is 79.9. The van der Waals surface area contributed by atoms with Crippen molar-refractivity contribution >= 4 is 64.5 Å². The number of anilines is 1. The van der Waals surface area contributed by atoms with Gasteiger partial charge in [0.1, 0.15) is 5.75 Å². The van der Waals surface area contributed by atoms with E-state index in [0.29, 0.717) is 10.9 Å². The SMILES string of the molecule is C[C@@H](Oc1ccc(Br)cc1Br)C(=O)Nc1nc2ccccc2s1. The number of amides is 1. The molecule has 1 N–H and O–H groups in total. The summed E-state index contributed by atoms with van der Waals surface area (Å²) in [6.07, 6.45) is -0.639. The van der Waals surface area contributed by atoms with E-state index in [9.17, 15) is 4.79 Å². The molecule has 4 nitrogen and oxygen atoms in total. The maximum atomic E-state index is 12.3. The zero-order valence-electron chi connectivity index (χ0n) is 12.0. The lowest BCUT2D eigenvalue weighted by atomic mass is 10.3. The standard InChI is InChI=1S/C16H12Br2N2O2S/c1-9(22-13-7-6-10(17)8-11(13)18)15(21)20-16-19-12-4-2-3-5-14(12)23-16/h2-9H,1H3,(H,19,20,21)/t9-/m1/s1. The highest BCUT2D eigenvalue weighted by Gasteiger charge is 2.18. The number of carbonyl (C=O) groups is 1. The molecule has 0 bridgehead atoms. The van der Waals surface area contributed by atoms with Crippen LogP contribution in [-0.2, 0) is 4.79 Å². The summed E-state index contributed by atoms with van der Waals surface area (Å²) in [5.41, 5.74) is 0.872. The predicted octanol–water partition coefficient (Wildman–Crippen LogP) is 5.23. The van der Waals surface area contributed by atoms with Crippen LogP contribution in [0, 0.1) is 0 Å². The summed E-state index contributed by atoms with van der Waals surface area (Å²) in [5, 5.41) is 3.37. The Morgan fingerprint density at radius 3 is 2.78 bits per heavy atom. The number of nitrogens with zero attached hydrogens (tertiary/aromatic N) is 1. The first-order chi connectivity index (χ1) is 11.0. The third-order valence-corrected chi connectivity index (χ3v) is 5.16. The molecule has 0 saturated heterocycles. The van der Waals surface area contributed by atoms with Gasteiger partial charge in [-0.15, -0.1) is 0 Å². The molecule has 1 atom stereocenters. The van der Waals surface area contributed by atoms with Gasteiger partial charge >= 0.3 is 0 Å². The number of benzene rings is 2. The molecule has 0 saturated carbocycles. The van der Waals surface area contributed by atoms with E-state index in [-0.39, 0.29) is 5.91 Å². The Labute approximate surface area is 154 Å². The van der Waals surface area contributed by atoms with Crippen LogP contribution in [0.3, 0.4) is 0 Å². The van der Waals surface area contributed by atoms with Crippen molar-refractivity contribution in [3.05, 3.63) is 51.4 Å². The number of rotatable bonds is 4. The zero-order valence-corrected chi connectivity index (χ0v) is 16.0. The minimum atomic E-state index is -0.639. The van der Waals surface area contributed by atoms with Crippen molar-refractivity contribution in [2.75, 3.05) is 5.32 Å². The van der Waals surface area contributed by atoms with Crippen molar-refractivity contribution < 1.29 is 9.53 Å². The van der Waals surface area contributed by atoms with Crippen LogP contribution in [0.4, 0.5) is 5.13 Å². The number of hydrogen-bond acceptors (Lipinski definition) is 4. The quantitative estimate of drug-likeness (QED) is 0.586. The van der Waals surface area contributed by atoms with Gasteiger partial charge in [-0.1, -0.05) is 39.4 Å². The first-order valence-corrected chi connectivity index (χ1v) is 9.21. The molecule has 0 fully saturated rings. The largest absolute Gasteiger partial charge is 0.480 e. The predicted molar refractivity (Wildman–Crippen MR) is 100 cm³/mol. The van der Waals surface area contributed by atoms with Crippen LogP contribution in [0.1, 0.15) is 6.92 Å². The summed E-state index contributed by atoms with van der Waals surface area (Å²) in [6.45, 7) is 1.71. The fraction of sp³-hybridized carbons (Fsp3) is 0.125. The molecule has 23 heavy (non-hydrogen) atoms. The number of carbonyl (C=O) groups excluding carboxylic acids is 1. The molecule has 0 spiro atoms. The third-order valence-electron chi connectivity index (χ3n) is 3.09. The van der Waals surface area contributed by atoms with E-state index in [1.807, 2.05) is 36.4 Å². The molecule has 1 amide bonds. The molecule has 0 aliphatic heterocycles. The van der Waals surface area contributed by atoms with Gasteiger partial charge in [0.05, 0.1) is 14.7 Å². The number of halogens is 2. The van der Waals surface area contributed by atoms with E-state index in [1.54, 1.807) is 13.0 Å². The van der Waals surface area contributed by atoms with E-state index >= 15 is 0 Å². The second kappa shape index (κ2) is 6.98. The van der Waals surface area contributed by atoms with Crippen molar-refractivity contribution in [2.24, 2.45) is 0 Å². The van der Waals surface area contributed by atoms with Gasteiger partial charge in [0.2, 0.25) is 0 Å². The number of ether oxygens (including phenoxy) is 1. The van der Waals surface area contributed by atoms with Gasteiger partial charge < -0.3 is 4.74 Å². The van der Waals surface area contributed by atoms with Crippen molar-refractivity contribution in [1.29, 1.82) is 0 Å². The molecule has 7 heteroatoms. The van der Waals surface area contributed by atoms with Crippen molar-refractivity contribution in [1.82, 2.24) is 4.98 Å². The van der Waals surface area contributed by atoms with E-state index in [0.717, 1.165) is 19.2 Å². The van der Waals surface area contributed by atoms with E-state index in [2.05, 4.69) is 42.2 Å². The number of nitrogens with one attached hydrogen (secondary N) is 1. The lowest BCUT2D eigenvalue weighted by Gasteiger charge is -2.15. The molecular formula is C16H12Br2N2O2S. The molecule has 3 aromatic rings. The molecule has 3 rings (SSSR count). The summed E-state index contributed by atoms with van der Waals surface area (Å²) in [4.78, 5) is 16.7. The number of aromatic nitrogens is 1. The normalized spacial score (nSPS) is 12.1. The Kier molecular flexibility index (Phi) is 4.99. The minimum absolute atomic E-state index is 0.237. The Hall–Kier alpha value is -1.44. The molecule has 0 aliphatic carbocycles. The number of para-hydroxylation sites is 1. The molecule has 0 aliphatic rings. The number of thiazole rings is 1. The van der Waals surface area contributed by atoms with Gasteiger partial charge in [0.15, 0.2) is 11.2 Å². The zero-order chi connectivity index (χ0) is 16.4. The van der Waals surface area contributed by atoms with Crippen LogP contribution < -0.4 is 10.1 Å². The molecule has 0 unspecified atom stereocenters. The number of hydrogen-bond donors (Lipinski definition) is 1. The monoisotopic (exact) mass is 454 g/mol. The molecule has 1 heterocycles. The fourth-order valence-corrected chi connectivity index (χ4v) is 3.96. The molecule has 118 valence electrons. The smallest absolute Gasteiger partial charge is 0.266 e. The minimum Gasteiger partial charge on any atom is -0.480 e. The maximum absolute atomic E-state index is 12.3. The van der Waals surface area contributed by atoms with Crippen molar-refractivity contribution in [2.45, 2.75) is 13.0 Å². The van der Waals surface area contributed by atoms with E-state index < -0.39 is 6.10 Å². The summed E-state index contributed by atoms with van der Waals surface area (Å²) < 4.78 is 8.46. The fourth-order valence-electron chi connectivity index (χ4n) is 1.95. The molecular weight excluding hydrogens is 444 g/mol. The second-order valence-electron chi connectivity index (χ2n) is 4.81. The van der Waals surface area contributed by atoms with Gasteiger partial charge in [-0.05, 0) is 53.2 Å². The van der Waals surface area contributed by atoms with Gasteiger partial charge in [-0.2, -0.15) is 0 Å². The van der Waals surface area contributed by atoms with Gasteiger partial charge in [-0.3, -0.25) is 10.1 Å². The topological polar surface area (TPSA) is 51.2 Å². The Morgan fingerprint density at radius 2 is 2.04 bits per heavy atom. The van der Waals surface area contributed by atoms with E-state index in [4.69, 9.17) is 4.74 Å². The summed E-state index contributed by atoms with van der Waals surface area (Å²) in [7, 11) is 0. The molecule has 0 radical (unpaired) electrons. The van der Waals surface area contributed by atoms with Crippen LogP contribution in [0.2, 0.25) is 0 Å². The highest BCUT2D eigenvalue weighted by molar-refractivity contribution is 9.11. The van der Waals surface area contributed by atoms with E-state index in [1.165, 1.54) is 11.3 Å². The maximum Gasteiger partial charge on any atom is 0.266 e. The lowest BCUT2D eigenvalue weighted by molar-refractivity contribution is -0.122. The van der Waals surface area contributed by atoms with Crippen LogP contribution in [0.25, 0.3) is 10.2 Å². The third kappa shape index (κ3) is 3.91. The Bertz CT molecular complexity index is 833. The first kappa shape index (κ1) is 16.4.